The number of benzene rings is 2. The Hall–Kier alpha value is -1.71. The van der Waals surface area contributed by atoms with Crippen molar-refractivity contribution in [3.63, 3.8) is 0 Å². The maximum absolute atomic E-state index is 9.56. The number of para-hydroxylation sites is 1. The highest BCUT2D eigenvalue weighted by Crippen LogP contribution is 2.38. The standard InChI is InChI=1S/C18H17NOS/c20-12-15-6-3-5-13-8-9-19(18(13)15)11-16-10-14-4-1-2-7-17(14)21-16/h1-9,16,20H,10-12H2. The van der Waals surface area contributed by atoms with Crippen LogP contribution >= 0.6 is 11.8 Å². The monoisotopic (exact) mass is 295 g/mol. The Balaban J connectivity index is 1.64. The van der Waals surface area contributed by atoms with Gasteiger partial charge >= 0.3 is 0 Å². The van der Waals surface area contributed by atoms with Gasteiger partial charge in [0.05, 0.1) is 12.1 Å². The van der Waals surface area contributed by atoms with Gasteiger partial charge in [-0.3, -0.25) is 0 Å². The van der Waals surface area contributed by atoms with Gasteiger partial charge in [-0.15, -0.1) is 11.8 Å². The Labute approximate surface area is 128 Å². The van der Waals surface area contributed by atoms with Gasteiger partial charge in [-0.2, -0.15) is 0 Å². The number of nitrogens with zero attached hydrogens (tertiary/aromatic N) is 1. The third kappa shape index (κ3) is 2.27. The van der Waals surface area contributed by atoms with Crippen LogP contribution in [-0.4, -0.2) is 14.9 Å². The van der Waals surface area contributed by atoms with Crippen molar-refractivity contribution in [1.82, 2.24) is 4.57 Å². The Morgan fingerprint density at radius 3 is 2.86 bits per heavy atom. The molecule has 0 amide bonds. The number of aromatic nitrogens is 1. The van der Waals surface area contributed by atoms with E-state index < -0.39 is 0 Å². The molecule has 2 heterocycles. The summed E-state index contributed by atoms with van der Waals surface area (Å²) in [4.78, 5) is 1.42. The second-order valence-corrected chi connectivity index (χ2v) is 6.88. The Morgan fingerprint density at radius 1 is 1.10 bits per heavy atom. The fourth-order valence-electron chi connectivity index (χ4n) is 3.20. The van der Waals surface area contributed by atoms with Gasteiger partial charge in [-0.05, 0) is 29.5 Å². The highest BCUT2D eigenvalue weighted by Gasteiger charge is 2.22. The SMILES string of the molecule is OCc1cccc2ccn(CC3Cc4ccccc4S3)c12. The third-order valence-electron chi connectivity index (χ3n) is 4.16. The second kappa shape index (κ2) is 5.24. The van der Waals surface area contributed by atoms with Gasteiger partial charge in [-0.1, -0.05) is 36.4 Å². The second-order valence-electron chi connectivity index (χ2n) is 5.53. The molecule has 3 aromatic rings. The summed E-state index contributed by atoms with van der Waals surface area (Å²) in [5, 5.41) is 11.3. The van der Waals surface area contributed by atoms with E-state index in [1.165, 1.54) is 21.4 Å². The van der Waals surface area contributed by atoms with Crippen LogP contribution in [0.2, 0.25) is 0 Å². The molecule has 0 bridgehead atoms. The molecule has 2 aromatic carbocycles. The average Bonchev–Trinajstić information content (AvgIpc) is 3.11. The molecule has 1 aliphatic heterocycles. The maximum Gasteiger partial charge on any atom is 0.0702 e. The first-order chi connectivity index (χ1) is 10.3. The van der Waals surface area contributed by atoms with E-state index in [1.807, 2.05) is 23.9 Å². The number of hydrogen-bond donors (Lipinski definition) is 1. The van der Waals surface area contributed by atoms with Crippen LogP contribution < -0.4 is 0 Å². The largest absolute Gasteiger partial charge is 0.392 e. The van der Waals surface area contributed by atoms with Gasteiger partial charge in [0.25, 0.3) is 0 Å². The molecule has 0 aliphatic carbocycles. The van der Waals surface area contributed by atoms with Crippen molar-refractivity contribution < 1.29 is 5.11 Å². The van der Waals surface area contributed by atoms with E-state index in [-0.39, 0.29) is 6.61 Å². The summed E-state index contributed by atoms with van der Waals surface area (Å²) in [7, 11) is 0. The molecule has 4 rings (SSSR count). The van der Waals surface area contributed by atoms with Crippen LogP contribution in [0.1, 0.15) is 11.1 Å². The summed E-state index contributed by atoms with van der Waals surface area (Å²) in [5.74, 6) is 0. The first kappa shape index (κ1) is 13.0. The van der Waals surface area contributed by atoms with E-state index in [2.05, 4.69) is 47.2 Å². The molecule has 1 aliphatic rings. The van der Waals surface area contributed by atoms with Gasteiger partial charge in [0.1, 0.15) is 0 Å². The zero-order valence-corrected chi connectivity index (χ0v) is 12.5. The van der Waals surface area contributed by atoms with Gasteiger partial charge in [0.2, 0.25) is 0 Å². The molecule has 1 aromatic heterocycles. The predicted molar refractivity (Wildman–Crippen MR) is 87.7 cm³/mol. The minimum Gasteiger partial charge on any atom is -0.392 e. The Morgan fingerprint density at radius 2 is 2.00 bits per heavy atom. The molecule has 0 saturated heterocycles. The summed E-state index contributed by atoms with van der Waals surface area (Å²) in [6.07, 6.45) is 3.27. The van der Waals surface area contributed by atoms with Crippen LogP contribution in [-0.2, 0) is 19.6 Å². The number of aliphatic hydroxyl groups excluding tert-OH is 1. The highest BCUT2D eigenvalue weighted by molar-refractivity contribution is 8.00. The van der Waals surface area contributed by atoms with Gasteiger partial charge in [-0.25, -0.2) is 0 Å². The molecule has 0 fully saturated rings. The van der Waals surface area contributed by atoms with E-state index in [4.69, 9.17) is 0 Å². The molecule has 0 radical (unpaired) electrons. The summed E-state index contributed by atoms with van der Waals surface area (Å²) in [6, 6.07) is 17.0. The predicted octanol–water partition coefficient (Wildman–Crippen LogP) is 3.85. The highest BCUT2D eigenvalue weighted by atomic mass is 32.2. The first-order valence-electron chi connectivity index (χ1n) is 7.27. The first-order valence-corrected chi connectivity index (χ1v) is 8.15. The van der Waals surface area contributed by atoms with Crippen molar-refractivity contribution in [3.8, 4) is 0 Å². The Bertz CT molecular complexity index is 768. The quantitative estimate of drug-likeness (QED) is 0.794. The minimum absolute atomic E-state index is 0.0966. The van der Waals surface area contributed by atoms with E-state index in [0.29, 0.717) is 5.25 Å². The van der Waals surface area contributed by atoms with Crippen LogP contribution in [0.15, 0.2) is 59.6 Å². The lowest BCUT2D eigenvalue weighted by Crippen LogP contribution is -2.12. The number of rotatable bonds is 3. The fraction of sp³-hybridized carbons (Fsp3) is 0.222. The lowest BCUT2D eigenvalue weighted by Gasteiger charge is -2.13. The lowest BCUT2D eigenvalue weighted by atomic mass is 10.1. The number of thioether (sulfide) groups is 1. The van der Waals surface area contributed by atoms with Crippen molar-refractivity contribution in [3.05, 3.63) is 65.9 Å². The number of fused-ring (bicyclic) bond motifs is 2. The smallest absolute Gasteiger partial charge is 0.0702 e. The van der Waals surface area contributed by atoms with Crippen molar-refractivity contribution >= 4 is 22.7 Å². The zero-order chi connectivity index (χ0) is 14.2. The number of hydrogen-bond acceptors (Lipinski definition) is 2. The van der Waals surface area contributed by atoms with Crippen LogP contribution in [0.5, 0.6) is 0 Å². The fourth-order valence-corrected chi connectivity index (χ4v) is 4.51. The topological polar surface area (TPSA) is 25.2 Å². The van der Waals surface area contributed by atoms with Crippen molar-refractivity contribution in [2.24, 2.45) is 0 Å². The molecule has 0 saturated carbocycles. The van der Waals surface area contributed by atoms with E-state index in [0.717, 1.165) is 18.5 Å². The van der Waals surface area contributed by atoms with Crippen molar-refractivity contribution in [1.29, 1.82) is 0 Å². The van der Waals surface area contributed by atoms with Crippen molar-refractivity contribution in [2.75, 3.05) is 0 Å². The van der Waals surface area contributed by atoms with Crippen LogP contribution in [0.4, 0.5) is 0 Å². The molecule has 106 valence electrons. The van der Waals surface area contributed by atoms with Crippen LogP contribution in [0.3, 0.4) is 0 Å². The number of aliphatic hydroxyl groups is 1. The van der Waals surface area contributed by atoms with Crippen LogP contribution in [0, 0.1) is 0 Å². The normalized spacial score (nSPS) is 17.3. The van der Waals surface area contributed by atoms with Gasteiger partial charge in [0.15, 0.2) is 0 Å². The van der Waals surface area contributed by atoms with Crippen LogP contribution in [0.25, 0.3) is 10.9 Å². The molecule has 1 unspecified atom stereocenters. The molecular weight excluding hydrogens is 278 g/mol. The zero-order valence-electron chi connectivity index (χ0n) is 11.7. The molecule has 21 heavy (non-hydrogen) atoms. The van der Waals surface area contributed by atoms with E-state index >= 15 is 0 Å². The Kier molecular flexibility index (Phi) is 3.24. The average molecular weight is 295 g/mol. The lowest BCUT2D eigenvalue weighted by molar-refractivity contribution is 0.283. The molecular formula is C18H17NOS. The summed E-state index contributed by atoms with van der Waals surface area (Å²) < 4.78 is 2.30. The third-order valence-corrected chi connectivity index (χ3v) is 5.46. The van der Waals surface area contributed by atoms with E-state index in [1.54, 1.807) is 0 Å². The maximum atomic E-state index is 9.56. The molecule has 1 N–H and O–H groups in total. The molecule has 2 nitrogen and oxygen atoms in total. The van der Waals surface area contributed by atoms with Gasteiger partial charge in [0, 0.05) is 28.5 Å². The molecule has 3 heteroatoms. The summed E-state index contributed by atoms with van der Waals surface area (Å²) in [6.45, 7) is 1.08. The molecule has 0 spiro atoms. The summed E-state index contributed by atoms with van der Waals surface area (Å²) >= 11 is 1.97. The van der Waals surface area contributed by atoms with Gasteiger partial charge < -0.3 is 9.67 Å². The van der Waals surface area contributed by atoms with Crippen molar-refractivity contribution in [2.45, 2.75) is 29.7 Å². The minimum atomic E-state index is 0.0966. The van der Waals surface area contributed by atoms with E-state index in [9.17, 15) is 5.11 Å². The summed E-state index contributed by atoms with van der Waals surface area (Å²) in [5.41, 5.74) is 3.65. The molecule has 1 atom stereocenters.